The molecule has 0 N–H and O–H groups in total. The third-order valence-corrected chi connectivity index (χ3v) is 8.91. The summed E-state index contributed by atoms with van der Waals surface area (Å²) in [5.74, 6) is 1.65. The molecule has 6 nitrogen and oxygen atoms in total. The molecule has 1 aliphatic rings. The van der Waals surface area contributed by atoms with Crippen LogP contribution in [-0.4, -0.2) is 38.9 Å². The number of esters is 2. The van der Waals surface area contributed by atoms with E-state index < -0.39 is 11.9 Å². The van der Waals surface area contributed by atoms with Gasteiger partial charge in [0.1, 0.15) is 24.7 Å². The van der Waals surface area contributed by atoms with Crippen LogP contribution in [-0.2, 0) is 19.1 Å². The van der Waals surface area contributed by atoms with Gasteiger partial charge < -0.3 is 18.9 Å². The molecule has 4 rings (SSSR count). The summed E-state index contributed by atoms with van der Waals surface area (Å²) in [7, 11) is 1.51. The summed E-state index contributed by atoms with van der Waals surface area (Å²) in [4.78, 5) is 23.9. The van der Waals surface area contributed by atoms with Gasteiger partial charge in [0.25, 0.3) is 0 Å². The lowest BCUT2D eigenvalue weighted by molar-refractivity contribution is -0.139. The maximum atomic E-state index is 12.2. The Morgan fingerprint density at radius 2 is 1.40 bits per heavy atom. The van der Waals surface area contributed by atoms with Crippen LogP contribution in [0.5, 0.6) is 11.5 Å². The highest BCUT2D eigenvalue weighted by Crippen LogP contribution is 2.43. The molecule has 0 heterocycles. The highest BCUT2D eigenvalue weighted by Gasteiger charge is 2.25. The van der Waals surface area contributed by atoms with Crippen molar-refractivity contribution in [3.05, 3.63) is 96.6 Å². The summed E-state index contributed by atoms with van der Waals surface area (Å²) in [5, 5.41) is 0. The van der Waals surface area contributed by atoms with Gasteiger partial charge in [-0.1, -0.05) is 94.7 Å². The van der Waals surface area contributed by atoms with Crippen LogP contribution in [0.1, 0.15) is 83.1 Å². The highest BCUT2D eigenvalue weighted by atomic mass is 16.6. The van der Waals surface area contributed by atoms with Crippen molar-refractivity contribution >= 4 is 11.9 Å². The molecule has 0 amide bonds. The minimum atomic E-state index is -0.497. The van der Waals surface area contributed by atoms with Gasteiger partial charge in [0.05, 0.1) is 12.2 Å². The van der Waals surface area contributed by atoms with E-state index in [1.807, 2.05) is 18.2 Å². The molecule has 0 spiro atoms. The standard InChI is InChI=1S/C41H50O6/c1-6-7-8-9-10-31-11-13-35(14-12-31)39-27-37(45-25-26-46-40(42)29(2)3)23-24-38(39)34-17-15-32(16-18-34)33-19-21-36(22-20-33)47-41(43)30(4)28-44-5/h15-24,27,31,35H,2,4,6-14,25-26,28H2,1,3,5H3. The molecule has 0 radical (unpaired) electrons. The second-order valence-electron chi connectivity index (χ2n) is 12.6. The van der Waals surface area contributed by atoms with Crippen LogP contribution >= 0.6 is 0 Å². The SMILES string of the molecule is C=C(C)C(=O)OCCOc1ccc(-c2ccc(-c3ccc(OC(=O)C(=C)COC)cc3)cc2)c(C2CCC(CCCCCC)CC2)c1. The van der Waals surface area contributed by atoms with E-state index in [2.05, 4.69) is 56.5 Å². The van der Waals surface area contributed by atoms with Crippen molar-refractivity contribution in [2.75, 3.05) is 26.9 Å². The lowest BCUT2D eigenvalue weighted by Gasteiger charge is -2.30. The Labute approximate surface area is 280 Å². The molecule has 0 unspecified atom stereocenters. The lowest BCUT2D eigenvalue weighted by atomic mass is 9.75. The number of ether oxygens (including phenoxy) is 4. The first-order valence-corrected chi connectivity index (χ1v) is 17.0. The van der Waals surface area contributed by atoms with Gasteiger partial charge in [-0.25, -0.2) is 9.59 Å². The third-order valence-electron chi connectivity index (χ3n) is 8.91. The van der Waals surface area contributed by atoms with E-state index in [0.717, 1.165) is 28.4 Å². The van der Waals surface area contributed by atoms with Gasteiger partial charge in [-0.2, -0.15) is 0 Å². The largest absolute Gasteiger partial charge is 0.490 e. The van der Waals surface area contributed by atoms with Crippen LogP contribution in [0.2, 0.25) is 0 Å². The Morgan fingerprint density at radius 3 is 2.04 bits per heavy atom. The molecule has 47 heavy (non-hydrogen) atoms. The average molecular weight is 639 g/mol. The first kappa shape index (κ1) is 35.7. The quantitative estimate of drug-likeness (QED) is 0.0634. The average Bonchev–Trinajstić information content (AvgIpc) is 3.09. The lowest BCUT2D eigenvalue weighted by Crippen LogP contribution is -2.15. The minimum Gasteiger partial charge on any atom is -0.490 e. The molecule has 0 aliphatic heterocycles. The van der Waals surface area contributed by atoms with Crippen molar-refractivity contribution in [2.45, 2.75) is 77.6 Å². The fourth-order valence-electron chi connectivity index (χ4n) is 6.24. The summed E-state index contributed by atoms with van der Waals surface area (Å²) in [6.07, 6.45) is 11.5. The van der Waals surface area contributed by atoms with E-state index in [1.165, 1.54) is 76.0 Å². The Bertz CT molecular complexity index is 1480. The molecular formula is C41H50O6. The molecular weight excluding hydrogens is 588 g/mol. The number of carbonyl (C=O) groups excluding carboxylic acids is 2. The monoisotopic (exact) mass is 638 g/mol. The second kappa shape index (κ2) is 18.2. The number of hydrogen-bond acceptors (Lipinski definition) is 6. The van der Waals surface area contributed by atoms with Crippen LogP contribution in [0, 0.1) is 5.92 Å². The van der Waals surface area contributed by atoms with Gasteiger partial charge in [-0.05, 0) is 96.5 Å². The minimum absolute atomic E-state index is 0.133. The number of benzene rings is 3. The number of carbonyl (C=O) groups is 2. The van der Waals surface area contributed by atoms with Gasteiger partial charge in [0.2, 0.25) is 0 Å². The summed E-state index contributed by atoms with van der Waals surface area (Å²) in [6, 6.07) is 22.5. The van der Waals surface area contributed by atoms with E-state index in [1.54, 1.807) is 19.1 Å². The molecule has 0 saturated heterocycles. The molecule has 250 valence electrons. The number of methoxy groups -OCH3 is 1. The third kappa shape index (κ3) is 10.7. The van der Waals surface area contributed by atoms with Gasteiger partial charge in [-0.15, -0.1) is 0 Å². The Balaban J connectivity index is 1.47. The van der Waals surface area contributed by atoms with Crippen molar-refractivity contribution < 1.29 is 28.5 Å². The Morgan fingerprint density at radius 1 is 0.766 bits per heavy atom. The number of rotatable bonds is 17. The number of hydrogen-bond donors (Lipinski definition) is 0. The van der Waals surface area contributed by atoms with E-state index >= 15 is 0 Å². The molecule has 6 heteroatoms. The van der Waals surface area contributed by atoms with Crippen LogP contribution < -0.4 is 9.47 Å². The fourth-order valence-corrected chi connectivity index (χ4v) is 6.24. The van der Waals surface area contributed by atoms with Crippen molar-refractivity contribution in [2.24, 2.45) is 5.92 Å². The van der Waals surface area contributed by atoms with Crippen LogP contribution in [0.4, 0.5) is 0 Å². The first-order chi connectivity index (χ1) is 22.8. The molecule has 1 aliphatic carbocycles. The van der Waals surface area contributed by atoms with Gasteiger partial charge in [-0.3, -0.25) is 0 Å². The second-order valence-corrected chi connectivity index (χ2v) is 12.6. The molecule has 3 aromatic rings. The number of unbranched alkanes of at least 4 members (excludes halogenated alkanes) is 3. The zero-order valence-corrected chi connectivity index (χ0v) is 28.4. The Hall–Kier alpha value is -4.16. The topological polar surface area (TPSA) is 71.1 Å². The summed E-state index contributed by atoms with van der Waals surface area (Å²) < 4.78 is 21.6. The van der Waals surface area contributed by atoms with Crippen molar-refractivity contribution in [3.63, 3.8) is 0 Å². The van der Waals surface area contributed by atoms with Crippen molar-refractivity contribution in [3.8, 4) is 33.8 Å². The smallest absolute Gasteiger partial charge is 0.341 e. The van der Waals surface area contributed by atoms with Crippen molar-refractivity contribution in [1.29, 1.82) is 0 Å². The van der Waals surface area contributed by atoms with Crippen molar-refractivity contribution in [1.82, 2.24) is 0 Å². The maximum Gasteiger partial charge on any atom is 0.341 e. The predicted molar refractivity (Wildman–Crippen MR) is 189 cm³/mol. The summed E-state index contributed by atoms with van der Waals surface area (Å²) >= 11 is 0. The van der Waals surface area contributed by atoms with Crippen LogP contribution in [0.25, 0.3) is 22.3 Å². The summed E-state index contributed by atoms with van der Waals surface area (Å²) in [5.41, 5.74) is 6.46. The van der Waals surface area contributed by atoms with E-state index in [0.29, 0.717) is 17.2 Å². The molecule has 0 atom stereocenters. The van der Waals surface area contributed by atoms with Crippen LogP contribution in [0.15, 0.2) is 91.0 Å². The highest BCUT2D eigenvalue weighted by molar-refractivity contribution is 5.89. The van der Waals surface area contributed by atoms with Crippen LogP contribution in [0.3, 0.4) is 0 Å². The molecule has 0 bridgehead atoms. The van der Waals surface area contributed by atoms with E-state index in [-0.39, 0.29) is 25.4 Å². The Kier molecular flexibility index (Phi) is 13.9. The zero-order chi connectivity index (χ0) is 33.6. The maximum absolute atomic E-state index is 12.2. The molecule has 1 saturated carbocycles. The normalized spacial score (nSPS) is 15.9. The molecule has 3 aromatic carbocycles. The van der Waals surface area contributed by atoms with Gasteiger partial charge in [0, 0.05) is 12.7 Å². The predicted octanol–water partition coefficient (Wildman–Crippen LogP) is 9.87. The fraction of sp³-hybridized carbons (Fsp3) is 0.415. The zero-order valence-electron chi connectivity index (χ0n) is 28.4. The first-order valence-electron chi connectivity index (χ1n) is 17.0. The van der Waals surface area contributed by atoms with E-state index in [4.69, 9.17) is 18.9 Å². The van der Waals surface area contributed by atoms with Gasteiger partial charge >= 0.3 is 11.9 Å². The summed E-state index contributed by atoms with van der Waals surface area (Å²) in [6.45, 7) is 11.8. The van der Waals surface area contributed by atoms with E-state index in [9.17, 15) is 9.59 Å². The molecule has 1 fully saturated rings. The van der Waals surface area contributed by atoms with Gasteiger partial charge in [0.15, 0.2) is 0 Å². The molecule has 0 aromatic heterocycles.